The standard InChI is InChI=1S/C21H21ClFN5O2/c1-11-19(22)12(2)28-20(25-11)14-9-27(10-16(14)26-28)21(29)13-5-3-4-6-17(13)30-18-8-24-7-15(18)23/h3-6,15,18,24H,7-10H2,1-2H3. The smallest absolute Gasteiger partial charge is 0.258 e. The molecule has 9 heteroatoms. The van der Waals surface area contributed by atoms with E-state index in [1.807, 2.05) is 13.8 Å². The number of halogens is 2. The van der Waals surface area contributed by atoms with Crippen molar-refractivity contribution < 1.29 is 13.9 Å². The number of aromatic nitrogens is 3. The Balaban J connectivity index is 1.42. The van der Waals surface area contributed by atoms with Crippen molar-refractivity contribution in [2.45, 2.75) is 39.2 Å². The molecule has 0 aliphatic carbocycles. The Labute approximate surface area is 177 Å². The van der Waals surface area contributed by atoms with Crippen LogP contribution in [0.1, 0.15) is 33.0 Å². The largest absolute Gasteiger partial charge is 0.485 e. The molecule has 0 bridgehead atoms. The van der Waals surface area contributed by atoms with E-state index in [-0.39, 0.29) is 12.5 Å². The first-order chi connectivity index (χ1) is 14.4. The van der Waals surface area contributed by atoms with Gasteiger partial charge >= 0.3 is 0 Å². The Hall–Kier alpha value is -2.71. The fourth-order valence-electron chi connectivity index (χ4n) is 4.07. The van der Waals surface area contributed by atoms with Crippen LogP contribution in [0.4, 0.5) is 4.39 Å². The van der Waals surface area contributed by atoms with E-state index in [2.05, 4.69) is 15.4 Å². The molecule has 0 saturated carbocycles. The topological polar surface area (TPSA) is 71.8 Å². The van der Waals surface area contributed by atoms with Gasteiger partial charge in [0.25, 0.3) is 5.91 Å². The highest BCUT2D eigenvalue weighted by atomic mass is 35.5. The Bertz CT molecular complexity index is 1160. The summed E-state index contributed by atoms with van der Waals surface area (Å²) in [5, 5.41) is 8.18. The Morgan fingerprint density at radius 2 is 2.07 bits per heavy atom. The van der Waals surface area contributed by atoms with Gasteiger partial charge in [0.2, 0.25) is 0 Å². The van der Waals surface area contributed by atoms with Gasteiger partial charge < -0.3 is 15.0 Å². The summed E-state index contributed by atoms with van der Waals surface area (Å²) in [4.78, 5) is 19.6. The number of hydrogen-bond acceptors (Lipinski definition) is 5. The molecule has 1 saturated heterocycles. The number of carbonyl (C=O) groups excluding carboxylic acids is 1. The average molecular weight is 430 g/mol. The Morgan fingerprint density at radius 1 is 1.27 bits per heavy atom. The number of nitrogens with one attached hydrogen (secondary N) is 1. The minimum Gasteiger partial charge on any atom is -0.485 e. The van der Waals surface area contributed by atoms with Crippen LogP contribution in [-0.2, 0) is 13.1 Å². The third-order valence-electron chi connectivity index (χ3n) is 5.73. The molecule has 156 valence electrons. The summed E-state index contributed by atoms with van der Waals surface area (Å²) in [7, 11) is 0. The van der Waals surface area contributed by atoms with E-state index in [1.54, 1.807) is 33.7 Å². The first-order valence-electron chi connectivity index (χ1n) is 9.87. The van der Waals surface area contributed by atoms with Crippen LogP contribution in [0.2, 0.25) is 5.02 Å². The Morgan fingerprint density at radius 3 is 2.83 bits per heavy atom. The van der Waals surface area contributed by atoms with Crippen LogP contribution in [0.5, 0.6) is 5.75 Å². The van der Waals surface area contributed by atoms with Gasteiger partial charge in [-0.2, -0.15) is 5.10 Å². The van der Waals surface area contributed by atoms with E-state index in [4.69, 9.17) is 16.3 Å². The van der Waals surface area contributed by atoms with Gasteiger partial charge in [0.15, 0.2) is 11.8 Å². The molecule has 3 aromatic rings. The number of hydrogen-bond donors (Lipinski definition) is 1. The lowest BCUT2D eigenvalue weighted by Crippen LogP contribution is -2.30. The van der Waals surface area contributed by atoms with E-state index >= 15 is 0 Å². The minimum atomic E-state index is -1.10. The quantitative estimate of drug-likeness (QED) is 0.693. The zero-order valence-electron chi connectivity index (χ0n) is 16.7. The molecule has 2 aliphatic heterocycles. The fourth-order valence-corrected chi connectivity index (χ4v) is 4.20. The summed E-state index contributed by atoms with van der Waals surface area (Å²) in [6.07, 6.45) is -1.69. The van der Waals surface area contributed by atoms with Crippen LogP contribution in [0.25, 0.3) is 5.65 Å². The maximum atomic E-state index is 14.0. The molecular formula is C21H21ClFN5O2. The second-order valence-corrected chi connectivity index (χ2v) is 8.12. The predicted octanol–water partition coefficient (Wildman–Crippen LogP) is 2.84. The number of ether oxygens (including phenoxy) is 1. The highest BCUT2D eigenvalue weighted by Crippen LogP contribution is 2.31. The minimum absolute atomic E-state index is 0.175. The van der Waals surface area contributed by atoms with E-state index in [1.165, 1.54) is 0 Å². The van der Waals surface area contributed by atoms with Gasteiger partial charge in [-0.25, -0.2) is 13.9 Å². The van der Waals surface area contributed by atoms with Gasteiger partial charge in [-0.1, -0.05) is 23.7 Å². The highest BCUT2D eigenvalue weighted by Gasteiger charge is 2.33. The zero-order chi connectivity index (χ0) is 21.0. The monoisotopic (exact) mass is 429 g/mol. The van der Waals surface area contributed by atoms with E-state index < -0.39 is 12.3 Å². The Kier molecular flexibility index (Phi) is 4.63. The van der Waals surface area contributed by atoms with E-state index in [0.29, 0.717) is 36.0 Å². The molecule has 1 N–H and O–H groups in total. The lowest BCUT2D eigenvalue weighted by Gasteiger charge is -2.21. The zero-order valence-corrected chi connectivity index (χ0v) is 17.4. The molecule has 1 aromatic carbocycles. The van der Waals surface area contributed by atoms with Crippen LogP contribution in [0.3, 0.4) is 0 Å². The number of alkyl halides is 1. The first-order valence-corrected chi connectivity index (χ1v) is 10.2. The molecule has 2 unspecified atom stereocenters. The van der Waals surface area contributed by atoms with Crippen LogP contribution >= 0.6 is 11.6 Å². The van der Waals surface area contributed by atoms with Gasteiger partial charge in [0, 0.05) is 18.7 Å². The second kappa shape index (κ2) is 7.21. The molecule has 0 radical (unpaired) electrons. The molecule has 2 aliphatic rings. The van der Waals surface area contributed by atoms with Crippen molar-refractivity contribution in [3.63, 3.8) is 0 Å². The molecule has 1 amide bonds. The normalized spacial score (nSPS) is 20.7. The molecule has 2 atom stereocenters. The van der Waals surface area contributed by atoms with E-state index in [0.717, 1.165) is 28.3 Å². The van der Waals surface area contributed by atoms with Gasteiger partial charge in [-0.05, 0) is 26.0 Å². The average Bonchev–Trinajstić information content (AvgIpc) is 3.42. The molecule has 7 nitrogen and oxygen atoms in total. The predicted molar refractivity (Wildman–Crippen MR) is 110 cm³/mol. The molecule has 5 rings (SSSR count). The molecule has 0 spiro atoms. The summed E-state index contributed by atoms with van der Waals surface area (Å²) in [6.45, 7) is 5.21. The SMILES string of the molecule is Cc1nc2c3c(nn2c(C)c1Cl)CN(C(=O)c1ccccc1OC1CNCC1F)C3. The van der Waals surface area contributed by atoms with Crippen LogP contribution in [-0.4, -0.2) is 50.8 Å². The molecule has 2 aromatic heterocycles. The number of amides is 1. The number of benzene rings is 1. The summed E-state index contributed by atoms with van der Waals surface area (Å²) >= 11 is 6.30. The van der Waals surface area contributed by atoms with Crippen molar-refractivity contribution in [1.29, 1.82) is 0 Å². The molecule has 30 heavy (non-hydrogen) atoms. The van der Waals surface area contributed by atoms with Crippen molar-refractivity contribution in [2.24, 2.45) is 0 Å². The summed E-state index contributed by atoms with van der Waals surface area (Å²) in [5.74, 6) is 0.222. The molecular weight excluding hydrogens is 409 g/mol. The third kappa shape index (κ3) is 3.02. The van der Waals surface area contributed by atoms with Crippen LogP contribution < -0.4 is 10.1 Å². The van der Waals surface area contributed by atoms with Crippen LogP contribution in [0, 0.1) is 13.8 Å². The molecule has 1 fully saturated rings. The van der Waals surface area contributed by atoms with Crippen molar-refractivity contribution in [3.8, 4) is 5.75 Å². The number of para-hydroxylation sites is 1. The highest BCUT2D eigenvalue weighted by molar-refractivity contribution is 6.31. The number of fused-ring (bicyclic) bond motifs is 3. The number of aryl methyl sites for hydroxylation is 2. The van der Waals surface area contributed by atoms with Crippen molar-refractivity contribution in [3.05, 3.63) is 57.5 Å². The van der Waals surface area contributed by atoms with E-state index in [9.17, 15) is 9.18 Å². The maximum absolute atomic E-state index is 14.0. The third-order valence-corrected chi connectivity index (χ3v) is 6.27. The van der Waals surface area contributed by atoms with Crippen molar-refractivity contribution in [2.75, 3.05) is 13.1 Å². The summed E-state index contributed by atoms with van der Waals surface area (Å²) < 4.78 is 21.6. The number of nitrogens with zero attached hydrogens (tertiary/aromatic N) is 4. The summed E-state index contributed by atoms with van der Waals surface area (Å²) in [6, 6.07) is 6.98. The van der Waals surface area contributed by atoms with Crippen molar-refractivity contribution in [1.82, 2.24) is 24.8 Å². The lowest BCUT2D eigenvalue weighted by atomic mass is 10.1. The van der Waals surface area contributed by atoms with Crippen molar-refractivity contribution >= 4 is 23.2 Å². The maximum Gasteiger partial charge on any atom is 0.258 e. The first kappa shape index (κ1) is 19.3. The summed E-state index contributed by atoms with van der Waals surface area (Å²) in [5.41, 5.74) is 4.44. The van der Waals surface area contributed by atoms with Gasteiger partial charge in [-0.15, -0.1) is 0 Å². The fraction of sp³-hybridized carbons (Fsp3) is 0.381. The van der Waals surface area contributed by atoms with Gasteiger partial charge in [-0.3, -0.25) is 4.79 Å². The number of rotatable bonds is 3. The second-order valence-electron chi connectivity index (χ2n) is 7.75. The van der Waals surface area contributed by atoms with Crippen LogP contribution in [0.15, 0.2) is 24.3 Å². The van der Waals surface area contributed by atoms with Gasteiger partial charge in [0.05, 0.1) is 40.8 Å². The lowest BCUT2D eigenvalue weighted by molar-refractivity contribution is 0.0737. The molecule has 4 heterocycles. The van der Waals surface area contributed by atoms with Gasteiger partial charge in [0.1, 0.15) is 11.9 Å². The number of carbonyl (C=O) groups is 1.